The minimum Gasteiger partial charge on any atom is -0.324 e. The molecule has 4 aromatic carbocycles. The van der Waals surface area contributed by atoms with E-state index >= 15 is 0 Å². The lowest BCUT2D eigenvalue weighted by molar-refractivity contribution is -0.432. The number of hydrogen-bond donors (Lipinski definition) is 5. The van der Waals surface area contributed by atoms with Crippen LogP contribution in [0.2, 0.25) is 5.28 Å². The molecule has 0 radical (unpaired) electrons. The van der Waals surface area contributed by atoms with Gasteiger partial charge in [0, 0.05) is 48.1 Å². The number of sulfone groups is 1. The molecule has 55 heavy (non-hydrogen) atoms. The van der Waals surface area contributed by atoms with Crippen LogP contribution in [0, 0.1) is 0 Å². The molecule has 0 spiro atoms. The van der Waals surface area contributed by atoms with Crippen LogP contribution in [0.15, 0.2) is 97.7 Å². The Morgan fingerprint density at radius 3 is 2.09 bits per heavy atom. The highest BCUT2D eigenvalue weighted by Gasteiger charge is 2.23. The van der Waals surface area contributed by atoms with Crippen LogP contribution in [0.5, 0.6) is 0 Å². The number of carbonyl (C=O) groups is 1. The first kappa shape index (κ1) is 42.8. The smallest absolute Gasteiger partial charge is 0.296 e. The number of aromatic nitrogens is 3. The third-order valence-corrected chi connectivity index (χ3v) is 9.06. The van der Waals surface area contributed by atoms with Gasteiger partial charge in [-0.1, -0.05) is 23.2 Å². The Hall–Kier alpha value is -4.89. The monoisotopic (exact) mass is 856 g/mol. The number of rotatable bonds is 12. The molecule has 5 aromatic rings. The van der Waals surface area contributed by atoms with Gasteiger partial charge in [-0.2, -0.15) is 31.8 Å². The molecule has 0 unspecified atom stereocenters. The van der Waals surface area contributed by atoms with E-state index in [4.69, 9.17) is 16.9 Å². The van der Waals surface area contributed by atoms with Gasteiger partial charge in [0.1, 0.15) is 31.0 Å². The van der Waals surface area contributed by atoms with Gasteiger partial charge in [-0.3, -0.25) is 13.9 Å². The largest absolute Gasteiger partial charge is 0.324 e. The lowest BCUT2D eigenvalue weighted by Gasteiger charge is -2.18. The van der Waals surface area contributed by atoms with E-state index in [0.29, 0.717) is 17.7 Å². The maximum Gasteiger partial charge on any atom is 0.296 e. The van der Waals surface area contributed by atoms with Crippen LogP contribution in [-0.2, 0) is 44.2 Å². The van der Waals surface area contributed by atoms with Crippen molar-refractivity contribution in [1.29, 1.82) is 0 Å². The van der Waals surface area contributed by atoms with Crippen LogP contribution in [-0.4, -0.2) is 80.0 Å². The van der Waals surface area contributed by atoms with Gasteiger partial charge in [0.2, 0.25) is 23.1 Å². The van der Waals surface area contributed by atoms with Crippen molar-refractivity contribution in [3.05, 3.63) is 78.1 Å². The number of amides is 1. The molecule has 0 bridgehead atoms. The summed E-state index contributed by atoms with van der Waals surface area (Å²) in [6.07, 6.45) is 2.32. The van der Waals surface area contributed by atoms with Crippen LogP contribution < -0.4 is 15.5 Å². The molecule has 0 fully saturated rings. The lowest BCUT2D eigenvalue weighted by atomic mass is 10.1. The minimum atomic E-state index is -4.99. The Kier molecular flexibility index (Phi) is 13.8. The molecule has 0 saturated carbocycles. The van der Waals surface area contributed by atoms with E-state index in [1.165, 1.54) is 31.2 Å². The van der Waals surface area contributed by atoms with E-state index in [1.807, 2.05) is 30.3 Å². The highest BCUT2D eigenvalue weighted by molar-refractivity contribution is 7.94. The maximum absolute atomic E-state index is 12.4. The quantitative estimate of drug-likeness (QED) is 0.0309. The van der Waals surface area contributed by atoms with E-state index in [0.717, 1.165) is 36.4 Å². The molecular formula is C30H29ClN8O12S4. The highest BCUT2D eigenvalue weighted by atomic mass is 35.5. The Morgan fingerprint density at radius 2 is 1.49 bits per heavy atom. The minimum absolute atomic E-state index is 0.00761. The fraction of sp³-hybridized carbons (Fsp3) is 0.133. The Bertz CT molecular complexity index is 2590. The fourth-order valence-corrected chi connectivity index (χ4v) is 6.51. The summed E-state index contributed by atoms with van der Waals surface area (Å²) in [6, 6.07) is 17.7. The number of nitrogens with one attached hydrogen (secondary N) is 2. The molecule has 20 nitrogen and oxygen atoms in total. The van der Waals surface area contributed by atoms with E-state index in [1.54, 1.807) is 11.9 Å². The standard InChI is InChI=1S/C28H23ClN8O10S3.C2H6O2S/c1-15(38)30-22-12-17(31-27-32-26(29)33-28(34-27)37(2)18-6-4-3-5-7-18)8-9-21(22)35-36-23-14-20-16(11-25(23)50(43,44)45)10-19(48-47-46-39)13-24(20)49(40,41)42;1-5(2,3)4/h3-14,39H,1-2H3,(H,30,38)(H,40,41,42)(H,43,44,45)(H,31,32,33,34);1-2H3. The topological polar surface area (TPSA) is 289 Å². The van der Waals surface area contributed by atoms with Crippen LogP contribution >= 0.6 is 23.6 Å². The second kappa shape index (κ2) is 17.7. The second-order valence-electron chi connectivity index (χ2n) is 11.1. The van der Waals surface area contributed by atoms with Crippen molar-refractivity contribution >= 4 is 111 Å². The number of carbonyl (C=O) groups excluding carboxylic acids is 1. The van der Waals surface area contributed by atoms with Crippen molar-refractivity contribution in [3.8, 4) is 0 Å². The van der Waals surface area contributed by atoms with Gasteiger partial charge >= 0.3 is 0 Å². The number of hydrogen-bond acceptors (Lipinski definition) is 18. The first-order valence-electron chi connectivity index (χ1n) is 14.8. The molecule has 0 aliphatic carbocycles. The number of nitrogens with zero attached hydrogens (tertiary/aromatic N) is 6. The summed E-state index contributed by atoms with van der Waals surface area (Å²) in [7, 11) is -10.8. The maximum atomic E-state index is 12.4. The van der Waals surface area contributed by atoms with Crippen molar-refractivity contribution in [3.63, 3.8) is 0 Å². The van der Waals surface area contributed by atoms with Crippen LogP contribution in [0.25, 0.3) is 10.8 Å². The first-order valence-corrected chi connectivity index (χ1v) is 21.1. The van der Waals surface area contributed by atoms with Gasteiger partial charge in [0.15, 0.2) is 0 Å². The number of para-hydroxylation sites is 1. The second-order valence-corrected chi connectivity index (χ2v) is 17.3. The summed E-state index contributed by atoms with van der Waals surface area (Å²) >= 11 is 6.51. The average molecular weight is 857 g/mol. The van der Waals surface area contributed by atoms with Crippen molar-refractivity contribution in [2.45, 2.75) is 21.6 Å². The lowest BCUT2D eigenvalue weighted by Crippen LogP contribution is -2.14. The normalized spacial score (nSPS) is 11.9. The molecule has 1 heterocycles. The van der Waals surface area contributed by atoms with Gasteiger partial charge in [-0.25, -0.2) is 13.7 Å². The van der Waals surface area contributed by atoms with E-state index in [2.05, 4.69) is 45.2 Å². The predicted molar refractivity (Wildman–Crippen MR) is 203 cm³/mol. The molecule has 1 amide bonds. The van der Waals surface area contributed by atoms with E-state index < -0.39 is 51.5 Å². The van der Waals surface area contributed by atoms with Crippen LogP contribution in [0.1, 0.15) is 6.92 Å². The Morgan fingerprint density at radius 1 is 0.855 bits per heavy atom. The summed E-state index contributed by atoms with van der Waals surface area (Å²) in [5, 5.41) is 25.1. The van der Waals surface area contributed by atoms with Crippen LogP contribution in [0.3, 0.4) is 0 Å². The third kappa shape index (κ3) is 12.6. The first-order chi connectivity index (χ1) is 25.6. The summed E-state index contributed by atoms with van der Waals surface area (Å²) in [6.45, 7) is 1.24. The summed E-state index contributed by atoms with van der Waals surface area (Å²) < 4.78 is 92.6. The Balaban J connectivity index is 0.00000126. The molecule has 0 saturated heterocycles. The molecule has 0 atom stereocenters. The SMILES string of the molecule is CC(=O)Nc1cc(Nc2nc(Cl)nc(N(C)c3ccccc3)n2)ccc1N=Nc1cc2c(S(=O)(=O)O)cc(SOOO)cc2cc1S(=O)(=O)O.CS(C)(=O)=O. The number of azo groups is 1. The van der Waals surface area contributed by atoms with Gasteiger partial charge < -0.3 is 15.5 Å². The van der Waals surface area contributed by atoms with E-state index in [-0.39, 0.29) is 44.2 Å². The zero-order valence-electron chi connectivity index (χ0n) is 28.6. The summed E-state index contributed by atoms with van der Waals surface area (Å²) in [4.78, 5) is 24.9. The van der Waals surface area contributed by atoms with Crippen molar-refractivity contribution in [1.82, 2.24) is 15.0 Å². The fourth-order valence-electron chi connectivity index (χ4n) is 4.46. The summed E-state index contributed by atoms with van der Waals surface area (Å²) in [5.41, 5.74) is 0.718. The predicted octanol–water partition coefficient (Wildman–Crippen LogP) is 6.15. The zero-order chi connectivity index (χ0) is 40.7. The Labute approximate surface area is 323 Å². The molecule has 25 heteroatoms. The van der Waals surface area contributed by atoms with Crippen molar-refractivity contribution in [2.24, 2.45) is 10.2 Å². The molecule has 0 aliphatic heterocycles. The van der Waals surface area contributed by atoms with Crippen LogP contribution in [0.4, 0.5) is 40.3 Å². The number of benzene rings is 4. The molecule has 292 valence electrons. The zero-order valence-corrected chi connectivity index (χ0v) is 32.7. The molecule has 1 aromatic heterocycles. The number of halogens is 1. The van der Waals surface area contributed by atoms with Gasteiger partial charge in [-0.05, 0) is 71.6 Å². The average Bonchev–Trinajstić information content (AvgIpc) is 3.07. The molecular weight excluding hydrogens is 828 g/mol. The number of anilines is 5. The van der Waals surface area contributed by atoms with Crippen molar-refractivity contribution < 1.29 is 53.8 Å². The molecule has 5 rings (SSSR count). The third-order valence-electron chi connectivity index (χ3n) is 6.55. The molecule has 5 N–H and O–H groups in total. The highest BCUT2D eigenvalue weighted by Crippen LogP contribution is 2.38. The van der Waals surface area contributed by atoms with Crippen molar-refractivity contribution in [2.75, 3.05) is 35.1 Å². The summed E-state index contributed by atoms with van der Waals surface area (Å²) in [5.74, 6) is -0.206. The van der Waals surface area contributed by atoms with Gasteiger partial charge in [0.05, 0.1) is 17.7 Å². The van der Waals surface area contributed by atoms with Gasteiger partial charge in [0.25, 0.3) is 20.2 Å². The van der Waals surface area contributed by atoms with Gasteiger partial charge in [-0.15, -0.1) is 14.6 Å². The van der Waals surface area contributed by atoms with E-state index in [9.17, 15) is 39.2 Å². The molecule has 0 aliphatic rings. The number of fused-ring (bicyclic) bond motifs is 1.